The Hall–Kier alpha value is -2.21. The second kappa shape index (κ2) is 7.58. The fourth-order valence-corrected chi connectivity index (χ4v) is 4.62. The van der Waals surface area contributed by atoms with Crippen LogP contribution in [0.1, 0.15) is 26.2 Å². The fourth-order valence-electron chi connectivity index (χ4n) is 3.55. The highest BCUT2D eigenvalue weighted by Crippen LogP contribution is 2.42. The normalized spacial score (nSPS) is 17.9. The Morgan fingerprint density at radius 2 is 1.92 bits per heavy atom. The standard InChI is InChI=1S/C20H26N2O3S/c1-3-15-8-7-13-22(14-15)19-17(21)11-12-18(20(19)26(2,23)24)25-16-9-5-4-6-10-16/h4-6,9-12,15H,3,7-8,13-14,21H2,1-2H3/t15-/m1/s1. The average Bonchev–Trinajstić information content (AvgIpc) is 2.63. The Morgan fingerprint density at radius 1 is 1.19 bits per heavy atom. The molecule has 2 N–H and O–H groups in total. The van der Waals surface area contributed by atoms with Crippen LogP contribution in [0.25, 0.3) is 0 Å². The fraction of sp³-hybridized carbons (Fsp3) is 0.400. The minimum atomic E-state index is -3.53. The van der Waals surface area contributed by atoms with Crippen molar-refractivity contribution in [3.05, 3.63) is 42.5 Å². The van der Waals surface area contributed by atoms with Crippen LogP contribution in [0.2, 0.25) is 0 Å². The maximum atomic E-state index is 12.6. The van der Waals surface area contributed by atoms with Gasteiger partial charge in [0.05, 0.1) is 11.4 Å². The number of ether oxygens (including phenoxy) is 1. The van der Waals surface area contributed by atoms with E-state index in [1.807, 2.05) is 18.2 Å². The van der Waals surface area contributed by atoms with E-state index in [1.54, 1.807) is 24.3 Å². The van der Waals surface area contributed by atoms with Crippen LogP contribution in [-0.2, 0) is 9.84 Å². The van der Waals surface area contributed by atoms with Crippen LogP contribution in [0.3, 0.4) is 0 Å². The monoisotopic (exact) mass is 374 g/mol. The first-order valence-corrected chi connectivity index (χ1v) is 10.9. The van der Waals surface area contributed by atoms with E-state index in [0.29, 0.717) is 28.8 Å². The molecular weight excluding hydrogens is 348 g/mol. The molecule has 0 amide bonds. The van der Waals surface area contributed by atoms with Gasteiger partial charge in [-0.05, 0) is 43.0 Å². The molecule has 0 radical (unpaired) electrons. The van der Waals surface area contributed by atoms with Crippen LogP contribution in [-0.4, -0.2) is 27.8 Å². The highest BCUT2D eigenvalue weighted by Gasteiger charge is 2.29. The number of rotatable bonds is 5. The van der Waals surface area contributed by atoms with Crippen molar-refractivity contribution < 1.29 is 13.2 Å². The van der Waals surface area contributed by atoms with Crippen LogP contribution in [0.15, 0.2) is 47.4 Å². The van der Waals surface area contributed by atoms with Gasteiger partial charge in [-0.1, -0.05) is 31.5 Å². The third kappa shape index (κ3) is 3.96. The van der Waals surface area contributed by atoms with Crippen LogP contribution >= 0.6 is 0 Å². The molecule has 0 aromatic heterocycles. The molecule has 1 heterocycles. The molecule has 26 heavy (non-hydrogen) atoms. The Bertz CT molecular complexity index is 866. The number of hydrogen-bond donors (Lipinski definition) is 1. The molecule has 1 saturated heterocycles. The highest BCUT2D eigenvalue weighted by molar-refractivity contribution is 7.91. The third-order valence-electron chi connectivity index (χ3n) is 4.88. The van der Waals surface area contributed by atoms with E-state index in [2.05, 4.69) is 11.8 Å². The molecule has 0 bridgehead atoms. The maximum Gasteiger partial charge on any atom is 0.181 e. The largest absolute Gasteiger partial charge is 0.456 e. The summed E-state index contributed by atoms with van der Waals surface area (Å²) in [4.78, 5) is 2.29. The summed E-state index contributed by atoms with van der Waals surface area (Å²) in [6, 6.07) is 12.6. The van der Waals surface area contributed by atoms with Crippen LogP contribution in [0, 0.1) is 5.92 Å². The summed E-state index contributed by atoms with van der Waals surface area (Å²) in [5.74, 6) is 1.47. The zero-order valence-corrected chi connectivity index (χ0v) is 16.1. The van der Waals surface area contributed by atoms with Crippen LogP contribution in [0.4, 0.5) is 11.4 Å². The number of nitrogens with zero attached hydrogens (tertiary/aromatic N) is 1. The van der Waals surface area contributed by atoms with Gasteiger partial charge in [-0.2, -0.15) is 0 Å². The van der Waals surface area contributed by atoms with Crippen LogP contribution < -0.4 is 15.4 Å². The van der Waals surface area contributed by atoms with Gasteiger partial charge in [-0.3, -0.25) is 0 Å². The van der Waals surface area contributed by atoms with Crippen molar-refractivity contribution in [3.8, 4) is 11.5 Å². The van der Waals surface area contributed by atoms with E-state index < -0.39 is 9.84 Å². The van der Waals surface area contributed by atoms with Crippen molar-refractivity contribution in [2.75, 3.05) is 30.0 Å². The summed E-state index contributed by atoms with van der Waals surface area (Å²) >= 11 is 0. The molecule has 1 aliphatic rings. The predicted molar refractivity (Wildman–Crippen MR) is 106 cm³/mol. The first kappa shape index (κ1) is 18.6. The molecule has 1 fully saturated rings. The van der Waals surface area contributed by atoms with Crippen molar-refractivity contribution >= 4 is 21.2 Å². The Morgan fingerprint density at radius 3 is 2.58 bits per heavy atom. The van der Waals surface area contributed by atoms with Gasteiger partial charge in [0.25, 0.3) is 0 Å². The molecular formula is C20H26N2O3S. The summed E-state index contributed by atoms with van der Waals surface area (Å²) < 4.78 is 31.2. The molecule has 0 spiro atoms. The van der Waals surface area contributed by atoms with Gasteiger partial charge >= 0.3 is 0 Å². The van der Waals surface area contributed by atoms with Gasteiger partial charge in [-0.25, -0.2) is 8.42 Å². The molecule has 140 valence electrons. The van der Waals surface area contributed by atoms with Crippen molar-refractivity contribution in [2.24, 2.45) is 5.92 Å². The minimum Gasteiger partial charge on any atom is -0.456 e. The zero-order chi connectivity index (χ0) is 18.7. The lowest BCUT2D eigenvalue weighted by Crippen LogP contribution is -2.36. The van der Waals surface area contributed by atoms with E-state index in [4.69, 9.17) is 10.5 Å². The van der Waals surface area contributed by atoms with Gasteiger partial charge in [0.2, 0.25) is 0 Å². The van der Waals surface area contributed by atoms with E-state index in [-0.39, 0.29) is 4.90 Å². The summed E-state index contributed by atoms with van der Waals surface area (Å²) in [7, 11) is -3.53. The molecule has 1 aliphatic heterocycles. The van der Waals surface area contributed by atoms with Gasteiger partial charge in [0, 0.05) is 19.3 Å². The second-order valence-electron chi connectivity index (χ2n) is 6.88. The number of benzene rings is 2. The van der Waals surface area contributed by atoms with Crippen molar-refractivity contribution in [1.82, 2.24) is 0 Å². The van der Waals surface area contributed by atoms with Gasteiger partial charge in [-0.15, -0.1) is 0 Å². The number of nitrogen functional groups attached to an aromatic ring is 1. The van der Waals surface area contributed by atoms with Gasteiger partial charge in [0.15, 0.2) is 9.84 Å². The first-order valence-electron chi connectivity index (χ1n) is 9.00. The van der Waals surface area contributed by atoms with E-state index >= 15 is 0 Å². The summed E-state index contributed by atoms with van der Waals surface area (Å²) in [5, 5.41) is 0. The molecule has 3 rings (SSSR count). The van der Waals surface area contributed by atoms with E-state index in [1.165, 1.54) is 12.7 Å². The van der Waals surface area contributed by atoms with Crippen molar-refractivity contribution in [1.29, 1.82) is 0 Å². The lowest BCUT2D eigenvalue weighted by Gasteiger charge is -2.36. The lowest BCUT2D eigenvalue weighted by molar-refractivity contribution is 0.402. The second-order valence-corrected chi connectivity index (χ2v) is 8.83. The Labute approximate surface area is 155 Å². The molecule has 5 nitrogen and oxygen atoms in total. The first-order chi connectivity index (χ1) is 12.4. The SMILES string of the molecule is CC[C@@H]1CCCN(c2c(N)ccc(Oc3ccccc3)c2S(C)(=O)=O)C1. The quantitative estimate of drug-likeness (QED) is 0.798. The van der Waals surface area contributed by atoms with E-state index in [9.17, 15) is 8.42 Å². The van der Waals surface area contributed by atoms with E-state index in [0.717, 1.165) is 25.9 Å². The molecule has 0 aliphatic carbocycles. The number of piperidine rings is 1. The number of anilines is 2. The lowest BCUT2D eigenvalue weighted by atomic mass is 9.95. The molecule has 6 heteroatoms. The molecule has 2 aromatic rings. The number of nitrogens with two attached hydrogens (primary N) is 1. The predicted octanol–water partition coefficient (Wildman–Crippen LogP) is 4.09. The Balaban J connectivity index is 2.09. The van der Waals surface area contributed by atoms with Gasteiger partial charge in [0.1, 0.15) is 16.4 Å². The molecule has 0 saturated carbocycles. The smallest absolute Gasteiger partial charge is 0.181 e. The molecule has 2 aromatic carbocycles. The highest BCUT2D eigenvalue weighted by atomic mass is 32.2. The average molecular weight is 375 g/mol. The minimum absolute atomic E-state index is 0.179. The Kier molecular flexibility index (Phi) is 5.41. The van der Waals surface area contributed by atoms with Crippen molar-refractivity contribution in [3.63, 3.8) is 0 Å². The third-order valence-corrected chi connectivity index (χ3v) is 6.02. The maximum absolute atomic E-state index is 12.6. The zero-order valence-electron chi connectivity index (χ0n) is 15.3. The van der Waals surface area contributed by atoms with Crippen LogP contribution in [0.5, 0.6) is 11.5 Å². The number of para-hydroxylation sites is 1. The summed E-state index contributed by atoms with van der Waals surface area (Å²) in [5.41, 5.74) is 7.29. The summed E-state index contributed by atoms with van der Waals surface area (Å²) in [6.45, 7) is 3.79. The molecule has 1 atom stereocenters. The number of sulfone groups is 1. The van der Waals surface area contributed by atoms with Gasteiger partial charge < -0.3 is 15.4 Å². The topological polar surface area (TPSA) is 72.6 Å². The molecule has 0 unspecified atom stereocenters. The number of hydrogen-bond acceptors (Lipinski definition) is 5. The van der Waals surface area contributed by atoms with Crippen molar-refractivity contribution in [2.45, 2.75) is 31.1 Å². The summed E-state index contributed by atoms with van der Waals surface area (Å²) in [6.07, 6.45) is 4.49.